The number of nitrogens with one attached hydrogen (secondary N) is 2. The molecule has 0 spiro atoms. The summed E-state index contributed by atoms with van der Waals surface area (Å²) in [7, 11) is 1.74. The quantitative estimate of drug-likeness (QED) is 0.762. The van der Waals surface area contributed by atoms with Gasteiger partial charge in [-0.2, -0.15) is 0 Å². The summed E-state index contributed by atoms with van der Waals surface area (Å²) in [5.74, 6) is -0.230. The van der Waals surface area contributed by atoms with E-state index in [0.717, 1.165) is 43.2 Å². The second kappa shape index (κ2) is 7.18. The van der Waals surface area contributed by atoms with Crippen LogP contribution in [0.2, 0.25) is 0 Å². The smallest absolute Gasteiger partial charge is 0.322 e. The fourth-order valence-electron chi connectivity index (χ4n) is 5.03. The molecule has 1 saturated carbocycles. The molecule has 2 N–H and O–H groups in total. The Kier molecular flexibility index (Phi) is 5.34. The number of urea groups is 1. The lowest BCUT2D eigenvalue weighted by Crippen LogP contribution is -2.58. The molecule has 2 fully saturated rings. The van der Waals surface area contributed by atoms with E-state index < -0.39 is 11.6 Å². The maximum absolute atomic E-state index is 13.3. The number of benzene rings is 1. The van der Waals surface area contributed by atoms with Gasteiger partial charge in [0, 0.05) is 12.5 Å². The lowest BCUT2D eigenvalue weighted by atomic mass is 9.59. The van der Waals surface area contributed by atoms with Crippen LogP contribution in [0.15, 0.2) is 18.2 Å². The first kappa shape index (κ1) is 20.8. The molecule has 1 atom stereocenters. The predicted molar refractivity (Wildman–Crippen MR) is 110 cm³/mol. The highest BCUT2D eigenvalue weighted by Crippen LogP contribution is 2.52. The van der Waals surface area contributed by atoms with Crippen LogP contribution in [0.3, 0.4) is 0 Å². The molecule has 1 aliphatic carbocycles. The van der Waals surface area contributed by atoms with Gasteiger partial charge in [-0.3, -0.25) is 10.1 Å². The Morgan fingerprint density at radius 3 is 2.32 bits per heavy atom. The number of hydrogen-bond acceptors (Lipinski definition) is 3. The Balaban J connectivity index is 2.11. The zero-order valence-electron chi connectivity index (χ0n) is 18.1. The van der Waals surface area contributed by atoms with Crippen LogP contribution in [0.1, 0.15) is 70.1 Å². The minimum absolute atomic E-state index is 0.140. The molecule has 1 saturated heterocycles. The number of imide groups is 1. The normalized spacial score (nSPS) is 30.9. The summed E-state index contributed by atoms with van der Waals surface area (Å²) in [6.45, 7) is 10.8. The van der Waals surface area contributed by atoms with Gasteiger partial charge in [0.05, 0.1) is 6.10 Å². The average Bonchev–Trinajstić information content (AvgIpc) is 2.91. The zero-order chi connectivity index (χ0) is 20.7. The number of methoxy groups -OCH3 is 1. The first-order valence-electron chi connectivity index (χ1n) is 10.3. The number of amides is 3. The van der Waals surface area contributed by atoms with E-state index in [-0.39, 0.29) is 22.8 Å². The van der Waals surface area contributed by atoms with Gasteiger partial charge in [-0.1, -0.05) is 45.9 Å². The van der Waals surface area contributed by atoms with Crippen LogP contribution >= 0.6 is 0 Å². The van der Waals surface area contributed by atoms with Gasteiger partial charge >= 0.3 is 6.03 Å². The molecule has 0 radical (unpaired) electrons. The van der Waals surface area contributed by atoms with E-state index in [1.54, 1.807) is 7.11 Å². The first-order valence-corrected chi connectivity index (χ1v) is 10.3. The molecule has 2 aliphatic rings. The second-order valence-electron chi connectivity index (χ2n) is 10.0. The molecular weight excluding hydrogens is 352 g/mol. The molecule has 5 heteroatoms. The third-order valence-electron chi connectivity index (χ3n) is 6.58. The highest BCUT2D eigenvalue weighted by Gasteiger charge is 2.60. The molecule has 28 heavy (non-hydrogen) atoms. The fourth-order valence-corrected chi connectivity index (χ4v) is 5.03. The van der Waals surface area contributed by atoms with Crippen LogP contribution in [0, 0.1) is 17.8 Å². The number of rotatable bonds is 4. The van der Waals surface area contributed by atoms with Crippen molar-refractivity contribution in [2.24, 2.45) is 10.8 Å². The molecule has 3 rings (SSSR count). The van der Waals surface area contributed by atoms with Gasteiger partial charge in [0.15, 0.2) is 5.54 Å². The van der Waals surface area contributed by atoms with Crippen LogP contribution in [-0.2, 0) is 21.5 Å². The number of hydrogen-bond donors (Lipinski definition) is 2. The molecule has 1 heterocycles. The van der Waals surface area contributed by atoms with Crippen molar-refractivity contribution in [2.75, 3.05) is 7.11 Å². The fraction of sp³-hybridized carbons (Fsp3) is 0.652. The van der Waals surface area contributed by atoms with E-state index in [0.29, 0.717) is 0 Å². The van der Waals surface area contributed by atoms with E-state index in [1.807, 2.05) is 6.92 Å². The summed E-state index contributed by atoms with van der Waals surface area (Å²) >= 11 is 0. The number of ether oxygens (including phenoxy) is 1. The summed E-state index contributed by atoms with van der Waals surface area (Å²) in [4.78, 5) is 25.6. The summed E-state index contributed by atoms with van der Waals surface area (Å²) in [6.07, 6.45) is 4.55. The number of carbonyl (C=O) groups is 2. The van der Waals surface area contributed by atoms with Crippen molar-refractivity contribution in [2.45, 2.75) is 78.4 Å². The predicted octanol–water partition coefficient (Wildman–Crippen LogP) is 4.21. The van der Waals surface area contributed by atoms with Crippen LogP contribution in [0.25, 0.3) is 0 Å². The molecule has 154 valence electrons. The average molecular weight is 387 g/mol. The van der Waals surface area contributed by atoms with E-state index in [2.05, 4.69) is 56.5 Å². The Morgan fingerprint density at radius 1 is 1.18 bits per heavy atom. The maximum Gasteiger partial charge on any atom is 0.322 e. The van der Waals surface area contributed by atoms with Gasteiger partial charge in [-0.05, 0) is 61.1 Å². The lowest BCUT2D eigenvalue weighted by Gasteiger charge is -2.48. The minimum Gasteiger partial charge on any atom is -0.381 e. The van der Waals surface area contributed by atoms with E-state index in [4.69, 9.17) is 4.74 Å². The zero-order valence-corrected chi connectivity index (χ0v) is 18.1. The second-order valence-corrected chi connectivity index (χ2v) is 10.0. The Morgan fingerprint density at radius 2 is 1.82 bits per heavy atom. The molecule has 0 aromatic heterocycles. The van der Waals surface area contributed by atoms with Crippen LogP contribution < -0.4 is 10.6 Å². The van der Waals surface area contributed by atoms with E-state index in [1.165, 1.54) is 5.56 Å². The topological polar surface area (TPSA) is 67.4 Å². The summed E-state index contributed by atoms with van der Waals surface area (Å²) in [6, 6.07) is 5.96. The van der Waals surface area contributed by atoms with Gasteiger partial charge in [0.25, 0.3) is 5.91 Å². The Hall–Kier alpha value is -1.88. The number of aryl methyl sites for hydroxylation is 1. The highest BCUT2D eigenvalue weighted by atomic mass is 16.5. The van der Waals surface area contributed by atoms with Gasteiger partial charge in [0.1, 0.15) is 0 Å². The maximum atomic E-state index is 13.3. The van der Waals surface area contributed by atoms with Crippen molar-refractivity contribution in [3.05, 3.63) is 34.9 Å². The minimum atomic E-state index is -1.04. The largest absolute Gasteiger partial charge is 0.381 e. The van der Waals surface area contributed by atoms with Crippen molar-refractivity contribution in [3.63, 3.8) is 0 Å². The molecule has 3 amide bonds. The van der Waals surface area contributed by atoms with Crippen molar-refractivity contribution >= 4 is 11.9 Å². The van der Waals surface area contributed by atoms with Gasteiger partial charge in [-0.15, -0.1) is 0 Å². The van der Waals surface area contributed by atoms with Crippen molar-refractivity contribution in [1.82, 2.24) is 10.6 Å². The number of carbonyl (C=O) groups excluding carboxylic acids is 2. The molecule has 0 bridgehead atoms. The van der Waals surface area contributed by atoms with Crippen molar-refractivity contribution in [3.8, 4) is 0 Å². The monoisotopic (exact) mass is 386 g/mol. The third-order valence-corrected chi connectivity index (χ3v) is 6.58. The van der Waals surface area contributed by atoms with Crippen LogP contribution in [0.5, 0.6) is 0 Å². The molecule has 1 unspecified atom stereocenters. The SMILES string of the molecule is COC1CCC(C)(C2(c3cc(CC(C)(C)C)ccc3C)NC(=O)NC2=O)CC1. The van der Waals surface area contributed by atoms with Gasteiger partial charge < -0.3 is 10.1 Å². The molecule has 1 aromatic carbocycles. The molecule has 1 aromatic rings. The van der Waals surface area contributed by atoms with Gasteiger partial charge in [0.2, 0.25) is 0 Å². The van der Waals surface area contributed by atoms with Crippen LogP contribution in [0.4, 0.5) is 4.79 Å². The van der Waals surface area contributed by atoms with Crippen molar-refractivity contribution in [1.29, 1.82) is 0 Å². The summed E-state index contributed by atoms with van der Waals surface area (Å²) in [5.41, 5.74) is 1.88. The third kappa shape index (κ3) is 3.57. The van der Waals surface area contributed by atoms with Gasteiger partial charge in [-0.25, -0.2) is 4.79 Å². The van der Waals surface area contributed by atoms with E-state index >= 15 is 0 Å². The first-order chi connectivity index (χ1) is 13.0. The summed E-state index contributed by atoms with van der Waals surface area (Å²) in [5, 5.41) is 5.60. The molecular formula is C23H34N2O3. The van der Waals surface area contributed by atoms with E-state index in [9.17, 15) is 9.59 Å². The Bertz CT molecular complexity index is 773. The lowest BCUT2D eigenvalue weighted by molar-refractivity contribution is -0.131. The summed E-state index contributed by atoms with van der Waals surface area (Å²) < 4.78 is 5.54. The highest BCUT2D eigenvalue weighted by molar-refractivity contribution is 6.08. The molecule has 5 nitrogen and oxygen atoms in total. The molecule has 1 aliphatic heterocycles. The Labute approximate surface area is 168 Å². The van der Waals surface area contributed by atoms with Crippen molar-refractivity contribution < 1.29 is 14.3 Å². The van der Waals surface area contributed by atoms with Crippen LogP contribution in [-0.4, -0.2) is 25.2 Å². The standard InChI is InChI=1S/C23H34N2O3/c1-15-7-8-16(14-21(2,3)4)13-18(15)23(19(26)24-20(27)25-23)22(5)11-9-17(28-6)10-12-22/h7-8,13,17H,9-12,14H2,1-6H3,(H2,24,25,26,27).